The number of hydrogen-bond donors (Lipinski definition) is 2. The molecular formula is C14H21NO4S. The number of aromatic carboxylic acids is 1. The van der Waals surface area contributed by atoms with Gasteiger partial charge in [0.25, 0.3) is 0 Å². The van der Waals surface area contributed by atoms with E-state index >= 15 is 0 Å². The fourth-order valence-corrected chi connectivity index (χ4v) is 2.85. The van der Waals surface area contributed by atoms with E-state index in [-0.39, 0.29) is 29.2 Å². The Balaban J connectivity index is 2.64. The van der Waals surface area contributed by atoms with E-state index < -0.39 is 5.97 Å². The number of thioether (sulfide) groups is 1. The normalized spacial score (nSPS) is 12.4. The van der Waals surface area contributed by atoms with E-state index in [1.165, 1.54) is 6.07 Å². The third kappa shape index (κ3) is 4.30. The first-order chi connectivity index (χ1) is 9.36. The standard InChI is InChI=1S/C14H21NO4S/c1-5-20-12(8(2)3)13(16)15-7-10-6-11(14(17)18)9(4)19-10/h6,8,12H,5,7H2,1-4H3,(H,15,16)(H,17,18). The van der Waals surface area contributed by atoms with Gasteiger partial charge >= 0.3 is 5.97 Å². The van der Waals surface area contributed by atoms with Crippen LogP contribution < -0.4 is 5.32 Å². The third-order valence-corrected chi connectivity index (χ3v) is 4.30. The second kappa shape index (κ2) is 7.38. The van der Waals surface area contributed by atoms with E-state index in [0.29, 0.717) is 11.5 Å². The number of carbonyl (C=O) groups is 2. The van der Waals surface area contributed by atoms with Gasteiger partial charge in [-0.2, -0.15) is 0 Å². The fourth-order valence-electron chi connectivity index (χ4n) is 1.87. The van der Waals surface area contributed by atoms with Gasteiger partial charge in [0.2, 0.25) is 5.91 Å². The van der Waals surface area contributed by atoms with Gasteiger partial charge in [0.15, 0.2) is 0 Å². The van der Waals surface area contributed by atoms with Crippen LogP contribution in [0.15, 0.2) is 10.5 Å². The molecule has 20 heavy (non-hydrogen) atoms. The summed E-state index contributed by atoms with van der Waals surface area (Å²) in [5, 5.41) is 11.6. The van der Waals surface area contributed by atoms with E-state index in [2.05, 4.69) is 5.32 Å². The molecule has 5 nitrogen and oxygen atoms in total. The molecule has 1 heterocycles. The smallest absolute Gasteiger partial charge is 0.339 e. The van der Waals surface area contributed by atoms with Gasteiger partial charge in [0.1, 0.15) is 17.1 Å². The fraction of sp³-hybridized carbons (Fsp3) is 0.571. The minimum absolute atomic E-state index is 0.0437. The first kappa shape index (κ1) is 16.6. The maximum absolute atomic E-state index is 12.1. The number of carboxylic acid groups (broad SMARTS) is 1. The molecule has 1 rings (SSSR count). The molecule has 1 aromatic heterocycles. The van der Waals surface area contributed by atoms with Crippen LogP contribution in [0.5, 0.6) is 0 Å². The van der Waals surface area contributed by atoms with Crippen molar-refractivity contribution in [2.75, 3.05) is 5.75 Å². The minimum Gasteiger partial charge on any atom is -0.478 e. The average molecular weight is 299 g/mol. The van der Waals surface area contributed by atoms with Gasteiger partial charge in [0, 0.05) is 0 Å². The predicted octanol–water partition coefficient (Wildman–Crippen LogP) is 2.68. The number of nitrogens with one attached hydrogen (secondary N) is 1. The van der Waals surface area contributed by atoms with Crippen molar-refractivity contribution in [3.8, 4) is 0 Å². The summed E-state index contributed by atoms with van der Waals surface area (Å²) >= 11 is 1.60. The van der Waals surface area contributed by atoms with Crippen molar-refractivity contribution in [2.45, 2.75) is 39.5 Å². The van der Waals surface area contributed by atoms with Crippen LogP contribution in [-0.4, -0.2) is 28.0 Å². The lowest BCUT2D eigenvalue weighted by atomic mass is 10.1. The third-order valence-electron chi connectivity index (χ3n) is 2.85. The van der Waals surface area contributed by atoms with Gasteiger partial charge in [-0.25, -0.2) is 4.79 Å². The Bertz CT molecular complexity index is 482. The molecule has 112 valence electrons. The van der Waals surface area contributed by atoms with Crippen LogP contribution in [0.2, 0.25) is 0 Å². The summed E-state index contributed by atoms with van der Waals surface area (Å²) in [4.78, 5) is 23.0. The highest BCUT2D eigenvalue weighted by molar-refractivity contribution is 8.00. The Morgan fingerprint density at radius 1 is 1.45 bits per heavy atom. The molecule has 2 N–H and O–H groups in total. The molecule has 1 aromatic rings. The largest absolute Gasteiger partial charge is 0.478 e. The summed E-state index contributed by atoms with van der Waals surface area (Å²) in [5.41, 5.74) is 0.137. The number of aryl methyl sites for hydroxylation is 1. The van der Waals surface area contributed by atoms with Gasteiger partial charge in [0.05, 0.1) is 11.8 Å². The van der Waals surface area contributed by atoms with E-state index in [4.69, 9.17) is 9.52 Å². The van der Waals surface area contributed by atoms with Crippen molar-refractivity contribution in [2.24, 2.45) is 5.92 Å². The van der Waals surface area contributed by atoms with Crippen LogP contribution in [0.3, 0.4) is 0 Å². The summed E-state index contributed by atoms with van der Waals surface area (Å²) in [7, 11) is 0. The molecule has 0 aliphatic heterocycles. The molecule has 0 bridgehead atoms. The minimum atomic E-state index is -1.02. The highest BCUT2D eigenvalue weighted by Gasteiger charge is 2.22. The van der Waals surface area contributed by atoms with Crippen LogP contribution in [-0.2, 0) is 11.3 Å². The monoisotopic (exact) mass is 299 g/mol. The second-order valence-corrected chi connectivity index (χ2v) is 6.24. The van der Waals surface area contributed by atoms with Crippen molar-refractivity contribution < 1.29 is 19.1 Å². The van der Waals surface area contributed by atoms with Gasteiger partial charge in [-0.1, -0.05) is 20.8 Å². The molecule has 0 aliphatic carbocycles. The van der Waals surface area contributed by atoms with Crippen LogP contribution in [0.1, 0.15) is 42.6 Å². The van der Waals surface area contributed by atoms with Crippen molar-refractivity contribution >= 4 is 23.6 Å². The Labute approximate surface area is 123 Å². The molecular weight excluding hydrogens is 278 g/mol. The number of furan rings is 1. The molecule has 0 radical (unpaired) electrons. The highest BCUT2D eigenvalue weighted by Crippen LogP contribution is 2.20. The Hall–Kier alpha value is -1.43. The van der Waals surface area contributed by atoms with Crippen molar-refractivity contribution in [3.05, 3.63) is 23.2 Å². The van der Waals surface area contributed by atoms with Gasteiger partial charge in [-0.15, -0.1) is 11.8 Å². The molecule has 1 unspecified atom stereocenters. The first-order valence-electron chi connectivity index (χ1n) is 6.58. The van der Waals surface area contributed by atoms with Crippen LogP contribution in [0.25, 0.3) is 0 Å². The molecule has 0 fully saturated rings. The average Bonchev–Trinajstić information content (AvgIpc) is 2.74. The SMILES string of the molecule is CCSC(C(=O)NCc1cc(C(=O)O)c(C)o1)C(C)C. The van der Waals surface area contributed by atoms with Gasteiger partial charge in [-0.05, 0) is 24.7 Å². The van der Waals surface area contributed by atoms with Crippen molar-refractivity contribution in [1.82, 2.24) is 5.32 Å². The summed E-state index contributed by atoms with van der Waals surface area (Å²) in [6, 6.07) is 1.45. The predicted molar refractivity (Wildman–Crippen MR) is 79.0 cm³/mol. The van der Waals surface area contributed by atoms with E-state index in [1.807, 2.05) is 20.8 Å². The Morgan fingerprint density at radius 2 is 2.10 bits per heavy atom. The van der Waals surface area contributed by atoms with E-state index in [1.54, 1.807) is 18.7 Å². The number of carboxylic acids is 1. The topological polar surface area (TPSA) is 79.5 Å². The summed E-state index contributed by atoms with van der Waals surface area (Å²) < 4.78 is 5.32. The molecule has 0 aliphatic rings. The lowest BCUT2D eigenvalue weighted by molar-refractivity contribution is -0.121. The van der Waals surface area contributed by atoms with Crippen molar-refractivity contribution in [3.63, 3.8) is 0 Å². The molecule has 0 saturated carbocycles. The molecule has 0 saturated heterocycles. The number of carbonyl (C=O) groups excluding carboxylic acids is 1. The maximum atomic E-state index is 12.1. The van der Waals surface area contributed by atoms with Gasteiger partial charge in [-0.3, -0.25) is 4.79 Å². The Kier molecular flexibility index (Phi) is 6.13. The molecule has 6 heteroatoms. The summed E-state index contributed by atoms with van der Waals surface area (Å²) in [6.45, 7) is 7.83. The highest BCUT2D eigenvalue weighted by atomic mass is 32.2. The van der Waals surface area contributed by atoms with Crippen LogP contribution in [0, 0.1) is 12.8 Å². The van der Waals surface area contributed by atoms with Crippen molar-refractivity contribution in [1.29, 1.82) is 0 Å². The van der Waals surface area contributed by atoms with Crippen LogP contribution >= 0.6 is 11.8 Å². The molecule has 0 aromatic carbocycles. The molecule has 1 amide bonds. The lowest BCUT2D eigenvalue weighted by Crippen LogP contribution is -2.35. The summed E-state index contributed by atoms with van der Waals surface area (Å²) in [5.74, 6) is 0.859. The quantitative estimate of drug-likeness (QED) is 0.809. The molecule has 1 atom stereocenters. The van der Waals surface area contributed by atoms with E-state index in [0.717, 1.165) is 5.75 Å². The molecule has 0 spiro atoms. The Morgan fingerprint density at radius 3 is 2.55 bits per heavy atom. The lowest BCUT2D eigenvalue weighted by Gasteiger charge is -2.18. The zero-order valence-electron chi connectivity index (χ0n) is 12.2. The van der Waals surface area contributed by atoms with E-state index in [9.17, 15) is 9.59 Å². The zero-order valence-corrected chi connectivity index (χ0v) is 13.0. The van der Waals surface area contributed by atoms with Crippen LogP contribution in [0.4, 0.5) is 0 Å². The number of rotatable bonds is 7. The number of hydrogen-bond acceptors (Lipinski definition) is 4. The summed E-state index contributed by atoms with van der Waals surface area (Å²) in [6.07, 6.45) is 0. The second-order valence-electron chi connectivity index (χ2n) is 4.83. The number of amides is 1. The van der Waals surface area contributed by atoms with Gasteiger partial charge < -0.3 is 14.8 Å². The first-order valence-corrected chi connectivity index (χ1v) is 7.63. The maximum Gasteiger partial charge on any atom is 0.339 e. The zero-order chi connectivity index (χ0) is 15.3.